The zero-order chi connectivity index (χ0) is 11.2. The molecule has 0 radical (unpaired) electrons. The number of fused-ring (bicyclic) bond motifs is 4. The molecule has 1 heteroatoms. The van der Waals surface area contributed by atoms with E-state index in [1.165, 1.54) is 46.3 Å². The van der Waals surface area contributed by atoms with Crippen molar-refractivity contribution >= 4 is 11.9 Å². The Morgan fingerprint density at radius 1 is 0.824 bits per heavy atom. The number of nitrogens with zero attached hydrogens (tertiary/aromatic N) is 1. The molecule has 0 fully saturated rings. The molecule has 2 aromatic rings. The summed E-state index contributed by atoms with van der Waals surface area (Å²) < 4.78 is 0. The van der Waals surface area contributed by atoms with Gasteiger partial charge in [0.05, 0.1) is 5.69 Å². The van der Waals surface area contributed by atoms with Crippen molar-refractivity contribution in [1.29, 1.82) is 0 Å². The van der Waals surface area contributed by atoms with Crippen LogP contribution in [0.3, 0.4) is 0 Å². The number of benzene rings is 2. The monoisotopic (exact) mass is 219 g/mol. The smallest absolute Gasteiger partial charge is 0.0667 e. The highest BCUT2D eigenvalue weighted by Gasteiger charge is 2.18. The second-order valence-electron chi connectivity index (χ2n) is 4.81. The Kier molecular flexibility index (Phi) is 1.78. The number of hydrogen-bond acceptors (Lipinski definition) is 1. The van der Waals surface area contributed by atoms with Crippen molar-refractivity contribution in [2.75, 3.05) is 0 Å². The summed E-state index contributed by atoms with van der Waals surface area (Å²) in [7, 11) is 0. The van der Waals surface area contributed by atoms with Crippen LogP contribution in [0, 0.1) is 0 Å². The predicted octanol–water partition coefficient (Wildman–Crippen LogP) is 3.71. The normalized spacial score (nSPS) is 15.3. The van der Waals surface area contributed by atoms with Crippen molar-refractivity contribution in [2.45, 2.75) is 19.3 Å². The molecule has 82 valence electrons. The first kappa shape index (κ1) is 9.17. The van der Waals surface area contributed by atoms with Crippen LogP contribution in [-0.2, 0) is 19.3 Å². The van der Waals surface area contributed by atoms with Crippen LogP contribution in [0.1, 0.15) is 16.7 Å². The summed E-state index contributed by atoms with van der Waals surface area (Å²) in [5.41, 5.74) is 8.32. The second kappa shape index (κ2) is 3.30. The molecule has 0 unspecified atom stereocenters. The molecule has 0 spiro atoms. The second-order valence-corrected chi connectivity index (χ2v) is 4.81. The Morgan fingerprint density at radius 3 is 2.71 bits per heavy atom. The molecule has 1 nitrogen and oxygen atoms in total. The van der Waals surface area contributed by atoms with Crippen molar-refractivity contribution in [3.05, 3.63) is 53.1 Å². The number of hydrogen-bond donors (Lipinski definition) is 0. The van der Waals surface area contributed by atoms with Gasteiger partial charge < -0.3 is 0 Å². The van der Waals surface area contributed by atoms with Crippen LogP contribution in [-0.4, -0.2) is 6.21 Å². The molecule has 0 amide bonds. The van der Waals surface area contributed by atoms with Gasteiger partial charge in [-0.1, -0.05) is 30.3 Å². The first-order chi connectivity index (χ1) is 8.42. The van der Waals surface area contributed by atoms with Crippen LogP contribution in [0.2, 0.25) is 0 Å². The first-order valence-corrected chi connectivity index (χ1v) is 6.18. The largest absolute Gasteiger partial charge is 0.261 e. The van der Waals surface area contributed by atoms with Crippen molar-refractivity contribution < 1.29 is 0 Å². The van der Waals surface area contributed by atoms with E-state index in [1.807, 2.05) is 6.21 Å². The summed E-state index contributed by atoms with van der Waals surface area (Å²) in [5.74, 6) is 0. The third kappa shape index (κ3) is 1.29. The minimum absolute atomic E-state index is 1.00. The molecule has 17 heavy (non-hydrogen) atoms. The Balaban J connectivity index is 2.00. The molecule has 0 atom stereocenters. The zero-order valence-corrected chi connectivity index (χ0v) is 9.61. The molecule has 0 N–H and O–H groups in total. The zero-order valence-electron chi connectivity index (χ0n) is 9.61. The maximum Gasteiger partial charge on any atom is 0.0667 e. The summed E-state index contributed by atoms with van der Waals surface area (Å²) in [4.78, 5) is 4.46. The third-order valence-electron chi connectivity index (χ3n) is 3.82. The van der Waals surface area contributed by atoms with E-state index in [0.29, 0.717) is 0 Å². The van der Waals surface area contributed by atoms with Gasteiger partial charge in [-0.25, -0.2) is 0 Å². The van der Waals surface area contributed by atoms with E-state index in [4.69, 9.17) is 0 Å². The molecular weight excluding hydrogens is 206 g/mol. The molecule has 4 rings (SSSR count). The van der Waals surface area contributed by atoms with Gasteiger partial charge in [0.2, 0.25) is 0 Å². The highest BCUT2D eigenvalue weighted by Crippen LogP contribution is 2.38. The number of aryl methyl sites for hydroxylation is 2. The molecule has 0 saturated carbocycles. The lowest BCUT2D eigenvalue weighted by Crippen LogP contribution is -2.04. The average molecular weight is 219 g/mol. The Labute approximate surface area is 101 Å². The lowest BCUT2D eigenvalue weighted by Gasteiger charge is -2.20. The maximum absolute atomic E-state index is 4.46. The van der Waals surface area contributed by atoms with Gasteiger partial charge in [-0.15, -0.1) is 0 Å². The van der Waals surface area contributed by atoms with Gasteiger partial charge in [-0.3, -0.25) is 4.99 Å². The van der Waals surface area contributed by atoms with E-state index in [9.17, 15) is 0 Å². The van der Waals surface area contributed by atoms with E-state index in [-0.39, 0.29) is 0 Å². The van der Waals surface area contributed by atoms with Gasteiger partial charge in [0.1, 0.15) is 0 Å². The van der Waals surface area contributed by atoms with Gasteiger partial charge in [-0.2, -0.15) is 0 Å². The van der Waals surface area contributed by atoms with Crippen LogP contribution >= 0.6 is 0 Å². The fourth-order valence-electron chi connectivity index (χ4n) is 2.94. The number of aliphatic imine (C=N–C) groups is 1. The Hall–Kier alpha value is -1.89. The van der Waals surface area contributed by atoms with Crippen LogP contribution < -0.4 is 0 Å². The SMILES string of the molecule is C1=Nc2cc3c(cc2C1)CCc1ccccc1-3. The minimum atomic E-state index is 1.00. The molecule has 0 aromatic heterocycles. The summed E-state index contributed by atoms with van der Waals surface area (Å²) in [6.45, 7) is 0. The van der Waals surface area contributed by atoms with Crippen molar-refractivity contribution in [3.63, 3.8) is 0 Å². The van der Waals surface area contributed by atoms with Gasteiger partial charge >= 0.3 is 0 Å². The lowest BCUT2D eigenvalue weighted by molar-refractivity contribution is 0.939. The topological polar surface area (TPSA) is 12.4 Å². The lowest BCUT2D eigenvalue weighted by atomic mass is 9.84. The first-order valence-electron chi connectivity index (χ1n) is 6.18. The molecule has 1 heterocycles. The van der Waals surface area contributed by atoms with Crippen molar-refractivity contribution in [1.82, 2.24) is 0 Å². The van der Waals surface area contributed by atoms with Crippen LogP contribution in [0.15, 0.2) is 41.4 Å². The molecule has 1 aliphatic heterocycles. The van der Waals surface area contributed by atoms with Crippen molar-refractivity contribution in [3.8, 4) is 11.1 Å². The molecule has 0 bridgehead atoms. The molecule has 2 aliphatic rings. The van der Waals surface area contributed by atoms with E-state index in [0.717, 1.165) is 6.42 Å². The fraction of sp³-hybridized carbons (Fsp3) is 0.188. The van der Waals surface area contributed by atoms with Gasteiger partial charge in [-0.05, 0) is 46.7 Å². The minimum Gasteiger partial charge on any atom is -0.261 e. The van der Waals surface area contributed by atoms with Crippen LogP contribution in [0.25, 0.3) is 11.1 Å². The molecule has 2 aromatic carbocycles. The third-order valence-corrected chi connectivity index (χ3v) is 3.82. The van der Waals surface area contributed by atoms with Gasteiger partial charge in [0.25, 0.3) is 0 Å². The molecule has 0 saturated heterocycles. The molecule has 1 aliphatic carbocycles. The van der Waals surface area contributed by atoms with E-state index >= 15 is 0 Å². The summed E-state index contributed by atoms with van der Waals surface area (Å²) in [5, 5.41) is 0. The fourth-order valence-corrected chi connectivity index (χ4v) is 2.94. The van der Waals surface area contributed by atoms with Crippen LogP contribution in [0.4, 0.5) is 5.69 Å². The van der Waals surface area contributed by atoms with Gasteiger partial charge in [0.15, 0.2) is 0 Å². The van der Waals surface area contributed by atoms with E-state index in [2.05, 4.69) is 41.4 Å². The number of rotatable bonds is 0. The van der Waals surface area contributed by atoms with Crippen LogP contribution in [0.5, 0.6) is 0 Å². The predicted molar refractivity (Wildman–Crippen MR) is 71.1 cm³/mol. The van der Waals surface area contributed by atoms with Crippen molar-refractivity contribution in [2.24, 2.45) is 4.99 Å². The quantitative estimate of drug-likeness (QED) is 0.640. The summed E-state index contributed by atoms with van der Waals surface area (Å²) in [6.07, 6.45) is 5.36. The van der Waals surface area contributed by atoms with Gasteiger partial charge in [0, 0.05) is 12.6 Å². The molecular formula is C16H13N. The Bertz CT molecular complexity index is 638. The highest BCUT2D eigenvalue weighted by molar-refractivity contribution is 5.82. The van der Waals surface area contributed by atoms with E-state index in [1.54, 1.807) is 0 Å². The standard InChI is InChI=1S/C16H13N/c1-2-4-14-11(3-1)5-6-12-9-13-7-8-17-16(13)10-15(12)14/h1-4,8-10H,5-7H2. The summed E-state index contributed by atoms with van der Waals surface area (Å²) in [6, 6.07) is 13.4. The highest BCUT2D eigenvalue weighted by atomic mass is 14.7. The maximum atomic E-state index is 4.46. The average Bonchev–Trinajstić information content (AvgIpc) is 2.83. The Morgan fingerprint density at radius 2 is 1.71 bits per heavy atom. The summed E-state index contributed by atoms with van der Waals surface area (Å²) >= 11 is 0. The van der Waals surface area contributed by atoms with E-state index < -0.39 is 0 Å².